The number of hydrogen-bond donors (Lipinski definition) is 6. The molecule has 0 radical (unpaired) electrons. The molecule has 80 heavy (non-hydrogen) atoms. The maximum Gasteiger partial charge on any atom is 0.314 e. The van der Waals surface area contributed by atoms with Crippen molar-refractivity contribution < 1.29 is 36.0 Å². The Morgan fingerprint density at radius 2 is 0.875 bits per heavy atom. The van der Waals surface area contributed by atoms with Crippen LogP contribution in [0, 0.1) is 11.8 Å². The average Bonchev–Trinajstić information content (AvgIpc) is 3.42. The Balaban J connectivity index is 0.629. The molecule has 0 spiro atoms. The molecule has 2 saturated heterocycles. The number of benzene rings is 4. The summed E-state index contributed by atoms with van der Waals surface area (Å²) < 4.78 is 58.6. The number of amides is 6. The Hall–Kier alpha value is -4.74. The van der Waals surface area contributed by atoms with Crippen LogP contribution in [0.15, 0.2) is 82.6 Å². The number of halogens is 4. The number of carbonyl (C=O) groups is 4. The number of likely N-dealkylation sites (tertiary alicyclic amines) is 2. The molecule has 0 bridgehead atoms. The van der Waals surface area contributed by atoms with E-state index in [1.807, 2.05) is 38.4 Å². The first-order valence-corrected chi connectivity index (χ1v) is 31.8. The van der Waals surface area contributed by atoms with Crippen LogP contribution in [0.3, 0.4) is 0 Å². The number of likely N-dealkylation sites (N-methyl/N-ethyl adjacent to an activating group) is 2. The van der Waals surface area contributed by atoms with E-state index in [9.17, 15) is 36.0 Å². The van der Waals surface area contributed by atoms with E-state index >= 15 is 0 Å². The molecule has 2 atom stereocenters. The molecule has 434 valence electrons. The van der Waals surface area contributed by atoms with Crippen molar-refractivity contribution in [3.63, 3.8) is 0 Å². The number of nitrogens with one attached hydrogen (secondary N) is 6. The molecule has 4 aliphatic heterocycles. The summed E-state index contributed by atoms with van der Waals surface area (Å²) >= 11 is 25.8. The van der Waals surface area contributed by atoms with Gasteiger partial charge in [-0.2, -0.15) is 0 Å². The van der Waals surface area contributed by atoms with Crippen molar-refractivity contribution in [3.8, 4) is 0 Å². The van der Waals surface area contributed by atoms with Crippen molar-refractivity contribution >= 4 is 90.3 Å². The first kappa shape index (κ1) is 61.3. The molecule has 2 fully saturated rings. The highest BCUT2D eigenvalue weighted by Crippen LogP contribution is 2.41. The van der Waals surface area contributed by atoms with Crippen LogP contribution in [0.1, 0.15) is 96.6 Å². The molecule has 4 heterocycles. The van der Waals surface area contributed by atoms with Crippen LogP contribution in [0.2, 0.25) is 20.1 Å². The number of rotatable bonds is 21. The van der Waals surface area contributed by atoms with Gasteiger partial charge in [-0.3, -0.25) is 9.59 Å². The van der Waals surface area contributed by atoms with E-state index in [0.29, 0.717) is 150 Å². The van der Waals surface area contributed by atoms with E-state index in [1.165, 1.54) is 12.1 Å². The first-order chi connectivity index (χ1) is 38.2. The fourth-order valence-electron chi connectivity index (χ4n) is 11.2. The van der Waals surface area contributed by atoms with Gasteiger partial charge in [0, 0.05) is 96.1 Å². The van der Waals surface area contributed by atoms with E-state index in [4.69, 9.17) is 46.4 Å². The molecule has 6 amide bonds. The summed E-state index contributed by atoms with van der Waals surface area (Å²) in [5.41, 5.74) is 5.42. The highest BCUT2D eigenvalue weighted by molar-refractivity contribution is 7.90. The van der Waals surface area contributed by atoms with Gasteiger partial charge in [0.2, 0.25) is 11.8 Å². The molecule has 0 aliphatic carbocycles. The molecular formula is C56H72Cl4N10O8S2. The van der Waals surface area contributed by atoms with Crippen LogP contribution in [-0.4, -0.2) is 153 Å². The fourth-order valence-corrected chi connectivity index (χ4v) is 14.6. The van der Waals surface area contributed by atoms with Gasteiger partial charge < -0.3 is 40.9 Å². The summed E-state index contributed by atoms with van der Waals surface area (Å²) in [6.07, 6.45) is 4.84. The van der Waals surface area contributed by atoms with Gasteiger partial charge in [0.1, 0.15) is 0 Å². The minimum absolute atomic E-state index is 0.0212. The Bertz CT molecular complexity index is 2900. The lowest BCUT2D eigenvalue weighted by Crippen LogP contribution is -2.43. The number of sulfonamides is 2. The summed E-state index contributed by atoms with van der Waals surface area (Å²) in [5, 5.41) is 13.6. The van der Waals surface area contributed by atoms with Crippen LogP contribution >= 0.6 is 46.4 Å². The minimum Gasteiger partial charge on any atom is -0.338 e. The second kappa shape index (κ2) is 28.0. The predicted molar refractivity (Wildman–Crippen MR) is 312 cm³/mol. The van der Waals surface area contributed by atoms with E-state index in [2.05, 4.69) is 50.3 Å². The Morgan fingerprint density at radius 3 is 1.25 bits per heavy atom. The van der Waals surface area contributed by atoms with E-state index in [1.54, 1.807) is 36.4 Å². The molecule has 4 aromatic rings. The molecule has 4 aromatic carbocycles. The quantitative estimate of drug-likeness (QED) is 0.0451. The largest absolute Gasteiger partial charge is 0.338 e. The van der Waals surface area contributed by atoms with E-state index in [0.717, 1.165) is 46.5 Å². The maximum absolute atomic E-state index is 13.5. The summed E-state index contributed by atoms with van der Waals surface area (Å²) in [6, 6.07) is 20.0. The molecule has 0 aromatic heterocycles. The minimum atomic E-state index is -4.12. The number of piperidine rings is 2. The van der Waals surface area contributed by atoms with Gasteiger partial charge >= 0.3 is 12.1 Å². The molecule has 18 nitrogen and oxygen atoms in total. The normalized spacial score (nSPS) is 18.9. The zero-order valence-electron chi connectivity index (χ0n) is 45.2. The lowest BCUT2D eigenvalue weighted by Gasteiger charge is -2.33. The van der Waals surface area contributed by atoms with Gasteiger partial charge in [0.25, 0.3) is 20.0 Å². The summed E-state index contributed by atoms with van der Waals surface area (Å²) in [4.78, 5) is 60.0. The highest BCUT2D eigenvalue weighted by Gasteiger charge is 2.33. The van der Waals surface area contributed by atoms with Crippen molar-refractivity contribution in [3.05, 3.63) is 126 Å². The molecule has 6 N–H and O–H groups in total. The smallest absolute Gasteiger partial charge is 0.314 e. The SMILES string of the molecule is CN1Cc2c(Cl)cc(Cl)cc2C(c2cccc(S(=O)(=O)NC(=O)C3CCN(CCCNC(=O)NCCCCNC(=O)NCCCN4CCC(C(=O)NS(=O)(=O)c5cccc(C6CN(C)Cc7c(Cl)cc(Cl)cc76)c5)CC4)CC3)c2)C1. The zero-order valence-corrected chi connectivity index (χ0v) is 49.8. The number of carbonyl (C=O) groups excluding carboxylic acids is 4. The van der Waals surface area contributed by atoms with Crippen LogP contribution in [0.5, 0.6) is 0 Å². The average molecular weight is 1220 g/mol. The maximum atomic E-state index is 13.5. The van der Waals surface area contributed by atoms with Crippen molar-refractivity contribution in [2.75, 3.05) is 92.6 Å². The van der Waals surface area contributed by atoms with Crippen LogP contribution in [0.25, 0.3) is 0 Å². The fraction of sp³-hybridized carbons (Fsp3) is 0.500. The molecule has 24 heteroatoms. The third kappa shape index (κ3) is 16.5. The van der Waals surface area contributed by atoms with Crippen molar-refractivity contribution in [1.82, 2.24) is 50.3 Å². The molecule has 4 aliphatic rings. The summed E-state index contributed by atoms with van der Waals surface area (Å²) in [5.74, 6) is -2.21. The molecular weight excluding hydrogens is 1150 g/mol. The number of urea groups is 2. The number of unbranched alkanes of at least 4 members (excludes halogenated alkanes) is 1. The molecule has 8 rings (SSSR count). The van der Waals surface area contributed by atoms with Gasteiger partial charge in [0.05, 0.1) is 9.79 Å². The molecule has 0 saturated carbocycles. The summed E-state index contributed by atoms with van der Waals surface area (Å²) in [7, 11) is -4.28. The van der Waals surface area contributed by atoms with Gasteiger partial charge in [-0.25, -0.2) is 35.9 Å². The van der Waals surface area contributed by atoms with Gasteiger partial charge in [-0.05, 0) is 187 Å². The number of hydrogen-bond acceptors (Lipinski definition) is 12. The predicted octanol–water partition coefficient (Wildman–Crippen LogP) is 7.35. The number of nitrogens with zero attached hydrogens (tertiary/aromatic N) is 4. The molecule has 2 unspecified atom stereocenters. The topological polar surface area (TPSA) is 222 Å². The van der Waals surface area contributed by atoms with Gasteiger partial charge in [-0.1, -0.05) is 70.7 Å². The van der Waals surface area contributed by atoms with E-state index in [-0.39, 0.29) is 33.7 Å². The highest BCUT2D eigenvalue weighted by atomic mass is 35.5. The second-order valence-electron chi connectivity index (χ2n) is 21.5. The first-order valence-electron chi connectivity index (χ1n) is 27.4. The second-order valence-corrected chi connectivity index (χ2v) is 26.6. The van der Waals surface area contributed by atoms with E-state index < -0.39 is 43.7 Å². The third-order valence-corrected chi connectivity index (χ3v) is 19.4. The Morgan fingerprint density at radius 1 is 0.512 bits per heavy atom. The lowest BCUT2D eigenvalue weighted by molar-refractivity contribution is -0.125. The van der Waals surface area contributed by atoms with Crippen molar-refractivity contribution in [2.45, 2.75) is 86.1 Å². The standard InChI is InChI=1S/C56H72Cl4N10O8S2/c1-67-33-47(45-29-41(57)31-51(59)49(45)35-67)39-9-5-11-43(27-39)79(75,76)65-53(71)37-13-23-69(24-14-37)21-7-19-63-55(73)61-17-3-4-18-62-56(74)64-20-8-22-70-25-15-38(16-26-70)54(72)66-80(77,78)44-12-6-10-40(28-44)48-34-68(2)36-50-46(48)30-42(58)32-52(50)60/h5-6,9-12,27-32,37-38,47-48H,3-4,7-8,13-26,33-36H2,1-2H3,(H,65,71)(H,66,72)(H2,61,63,73)(H2,62,64,74). The lowest BCUT2D eigenvalue weighted by atomic mass is 9.85. The Kier molecular flexibility index (Phi) is 21.5. The van der Waals surface area contributed by atoms with Crippen molar-refractivity contribution in [2.24, 2.45) is 11.8 Å². The monoisotopic (exact) mass is 1220 g/mol. The van der Waals surface area contributed by atoms with Gasteiger partial charge in [0.15, 0.2) is 0 Å². The Labute approximate surface area is 490 Å². The van der Waals surface area contributed by atoms with Gasteiger partial charge in [-0.15, -0.1) is 0 Å². The van der Waals surface area contributed by atoms with Crippen molar-refractivity contribution in [1.29, 1.82) is 0 Å². The van der Waals surface area contributed by atoms with Crippen LogP contribution in [0.4, 0.5) is 9.59 Å². The van der Waals surface area contributed by atoms with Crippen LogP contribution < -0.4 is 30.7 Å². The van der Waals surface area contributed by atoms with Crippen LogP contribution in [-0.2, 0) is 42.7 Å². The zero-order chi connectivity index (χ0) is 57.1. The summed E-state index contributed by atoms with van der Waals surface area (Å²) in [6.45, 7) is 8.43. The number of fused-ring (bicyclic) bond motifs is 2. The third-order valence-electron chi connectivity index (χ3n) is 15.6.